The van der Waals surface area contributed by atoms with E-state index in [0.717, 1.165) is 0 Å². The topological polar surface area (TPSA) is 71.1 Å². The van der Waals surface area contributed by atoms with Gasteiger partial charge in [0, 0.05) is 18.8 Å². The van der Waals surface area contributed by atoms with E-state index >= 15 is 0 Å². The summed E-state index contributed by atoms with van der Waals surface area (Å²) in [6.07, 6.45) is 1.31. The van der Waals surface area contributed by atoms with Gasteiger partial charge in [-0.2, -0.15) is 0 Å². The number of aromatic nitrogens is 1. The standard InChI is InChI=1S/C13H22ClN3O2S/c1-6-15-12-11(14)7-10(8-16-12)20(18,19)17-9(2)13(3,4)5/h7-9,17H,6H2,1-5H3,(H,15,16). The molecule has 7 heteroatoms. The lowest BCUT2D eigenvalue weighted by molar-refractivity contribution is 0.317. The van der Waals surface area contributed by atoms with E-state index in [1.165, 1.54) is 12.3 Å². The maximum atomic E-state index is 12.3. The number of halogens is 1. The van der Waals surface area contributed by atoms with Crippen LogP contribution in [0.5, 0.6) is 0 Å². The molecule has 0 fully saturated rings. The molecule has 0 spiro atoms. The molecule has 20 heavy (non-hydrogen) atoms. The minimum absolute atomic E-state index is 0.0697. The summed E-state index contributed by atoms with van der Waals surface area (Å²) in [5.74, 6) is 0.483. The summed E-state index contributed by atoms with van der Waals surface area (Å²) >= 11 is 6.02. The second-order valence-electron chi connectivity index (χ2n) is 5.74. The minimum Gasteiger partial charge on any atom is -0.369 e. The number of rotatable bonds is 5. The number of hydrogen-bond donors (Lipinski definition) is 2. The highest BCUT2D eigenvalue weighted by Gasteiger charge is 2.26. The van der Waals surface area contributed by atoms with Crippen LogP contribution < -0.4 is 10.0 Å². The van der Waals surface area contributed by atoms with E-state index in [0.29, 0.717) is 12.4 Å². The van der Waals surface area contributed by atoms with Gasteiger partial charge in [0.25, 0.3) is 0 Å². The van der Waals surface area contributed by atoms with E-state index in [2.05, 4.69) is 15.0 Å². The van der Waals surface area contributed by atoms with Crippen molar-refractivity contribution in [1.82, 2.24) is 9.71 Å². The number of sulfonamides is 1. The van der Waals surface area contributed by atoms with Gasteiger partial charge >= 0.3 is 0 Å². The first kappa shape index (κ1) is 17.2. The molecular formula is C13H22ClN3O2S. The van der Waals surface area contributed by atoms with E-state index in [1.54, 1.807) is 0 Å². The third-order valence-corrected chi connectivity index (χ3v) is 4.90. The zero-order valence-corrected chi connectivity index (χ0v) is 14.1. The predicted octanol–water partition coefficient (Wildman–Crippen LogP) is 2.88. The Morgan fingerprint density at radius 1 is 1.40 bits per heavy atom. The molecule has 1 atom stereocenters. The maximum absolute atomic E-state index is 12.3. The Morgan fingerprint density at radius 2 is 2.00 bits per heavy atom. The summed E-state index contributed by atoms with van der Waals surface area (Å²) < 4.78 is 27.2. The maximum Gasteiger partial charge on any atom is 0.242 e. The van der Waals surface area contributed by atoms with Gasteiger partial charge in [0.15, 0.2) is 0 Å². The molecule has 1 rings (SSSR count). The zero-order valence-electron chi connectivity index (χ0n) is 12.5. The molecule has 1 aromatic rings. The number of hydrogen-bond acceptors (Lipinski definition) is 4. The van der Waals surface area contributed by atoms with Crippen LogP contribution >= 0.6 is 11.6 Å². The van der Waals surface area contributed by atoms with E-state index in [1.807, 2.05) is 34.6 Å². The Labute approximate surface area is 126 Å². The summed E-state index contributed by atoms with van der Waals surface area (Å²) in [5, 5.41) is 3.25. The summed E-state index contributed by atoms with van der Waals surface area (Å²) in [4.78, 5) is 4.11. The van der Waals surface area contributed by atoms with Crippen LogP contribution in [0.4, 0.5) is 5.82 Å². The van der Waals surface area contributed by atoms with Gasteiger partial charge < -0.3 is 5.32 Å². The molecule has 0 aliphatic carbocycles. The molecular weight excluding hydrogens is 298 g/mol. The van der Waals surface area contributed by atoms with Gasteiger partial charge in [-0.05, 0) is 25.3 Å². The minimum atomic E-state index is -3.62. The van der Waals surface area contributed by atoms with Gasteiger partial charge in [-0.1, -0.05) is 32.4 Å². The lowest BCUT2D eigenvalue weighted by Gasteiger charge is -2.27. The van der Waals surface area contributed by atoms with Crippen molar-refractivity contribution < 1.29 is 8.42 Å². The summed E-state index contributed by atoms with van der Waals surface area (Å²) in [7, 11) is -3.62. The van der Waals surface area contributed by atoms with Crippen molar-refractivity contribution in [2.45, 2.75) is 45.6 Å². The van der Waals surface area contributed by atoms with Crippen molar-refractivity contribution in [2.75, 3.05) is 11.9 Å². The third kappa shape index (κ3) is 4.33. The zero-order chi connectivity index (χ0) is 15.6. The molecule has 0 saturated heterocycles. The van der Waals surface area contributed by atoms with Crippen LogP contribution in [-0.2, 0) is 10.0 Å². The molecule has 0 aliphatic heterocycles. The van der Waals surface area contributed by atoms with Crippen molar-refractivity contribution in [3.05, 3.63) is 17.3 Å². The molecule has 5 nitrogen and oxygen atoms in total. The van der Waals surface area contributed by atoms with Crippen LogP contribution in [0.2, 0.25) is 5.02 Å². The fourth-order valence-electron chi connectivity index (χ4n) is 1.34. The van der Waals surface area contributed by atoms with E-state index in [4.69, 9.17) is 11.6 Å². The number of nitrogens with one attached hydrogen (secondary N) is 2. The Hall–Kier alpha value is -0.850. The van der Waals surface area contributed by atoms with Crippen molar-refractivity contribution in [1.29, 1.82) is 0 Å². The van der Waals surface area contributed by atoms with Crippen molar-refractivity contribution in [3.63, 3.8) is 0 Å². The van der Waals surface area contributed by atoms with E-state index in [9.17, 15) is 8.42 Å². The van der Waals surface area contributed by atoms with Crippen LogP contribution in [0.1, 0.15) is 34.6 Å². The van der Waals surface area contributed by atoms with Gasteiger partial charge in [0.05, 0.1) is 5.02 Å². The van der Waals surface area contributed by atoms with Gasteiger partial charge in [0.1, 0.15) is 10.7 Å². The molecule has 0 amide bonds. The molecule has 1 unspecified atom stereocenters. The highest BCUT2D eigenvalue weighted by Crippen LogP contribution is 2.24. The molecule has 0 radical (unpaired) electrons. The second kappa shape index (κ2) is 6.28. The third-order valence-electron chi connectivity index (χ3n) is 3.10. The number of pyridine rings is 1. The summed E-state index contributed by atoms with van der Waals surface area (Å²) in [6.45, 7) is 10.3. The Kier molecular flexibility index (Phi) is 5.40. The fourth-order valence-corrected chi connectivity index (χ4v) is 3.06. The van der Waals surface area contributed by atoms with Gasteiger partial charge in [-0.25, -0.2) is 18.1 Å². The molecule has 0 aliphatic rings. The fraction of sp³-hybridized carbons (Fsp3) is 0.615. The average molecular weight is 320 g/mol. The monoisotopic (exact) mass is 319 g/mol. The Bertz CT molecular complexity index is 567. The Balaban J connectivity index is 3.02. The quantitative estimate of drug-likeness (QED) is 0.875. The Morgan fingerprint density at radius 3 is 2.45 bits per heavy atom. The van der Waals surface area contributed by atoms with Crippen LogP contribution in [0.15, 0.2) is 17.2 Å². The highest BCUT2D eigenvalue weighted by molar-refractivity contribution is 7.89. The smallest absolute Gasteiger partial charge is 0.242 e. The molecule has 114 valence electrons. The van der Waals surface area contributed by atoms with Gasteiger partial charge in [-0.15, -0.1) is 0 Å². The summed E-state index contributed by atoms with van der Waals surface area (Å²) in [5.41, 5.74) is -0.173. The second-order valence-corrected chi connectivity index (χ2v) is 7.86. The molecule has 1 aromatic heterocycles. The first-order valence-corrected chi connectivity index (χ1v) is 8.35. The predicted molar refractivity (Wildman–Crippen MR) is 82.6 cm³/mol. The molecule has 0 bridgehead atoms. The number of anilines is 1. The van der Waals surface area contributed by atoms with E-state index in [-0.39, 0.29) is 21.4 Å². The summed E-state index contributed by atoms with van der Waals surface area (Å²) in [6, 6.07) is 1.20. The van der Waals surface area contributed by atoms with Gasteiger partial charge in [-0.3, -0.25) is 0 Å². The van der Waals surface area contributed by atoms with Crippen molar-refractivity contribution in [2.24, 2.45) is 5.41 Å². The first-order chi connectivity index (χ1) is 9.08. The van der Waals surface area contributed by atoms with Crippen LogP contribution in [-0.4, -0.2) is 26.0 Å². The first-order valence-electron chi connectivity index (χ1n) is 6.49. The van der Waals surface area contributed by atoms with Crippen LogP contribution in [0.3, 0.4) is 0 Å². The average Bonchev–Trinajstić information content (AvgIpc) is 2.30. The molecule has 0 aromatic carbocycles. The number of nitrogens with zero attached hydrogens (tertiary/aromatic N) is 1. The lowest BCUT2D eigenvalue weighted by Crippen LogP contribution is -2.41. The highest BCUT2D eigenvalue weighted by atomic mass is 35.5. The SMILES string of the molecule is CCNc1ncc(S(=O)(=O)NC(C)C(C)(C)C)cc1Cl. The van der Waals surface area contributed by atoms with Crippen molar-refractivity contribution in [3.8, 4) is 0 Å². The van der Waals surface area contributed by atoms with Gasteiger partial charge in [0.2, 0.25) is 10.0 Å². The van der Waals surface area contributed by atoms with Crippen LogP contribution in [0.25, 0.3) is 0 Å². The molecule has 2 N–H and O–H groups in total. The van der Waals surface area contributed by atoms with Crippen LogP contribution in [0, 0.1) is 5.41 Å². The van der Waals surface area contributed by atoms with E-state index < -0.39 is 10.0 Å². The van der Waals surface area contributed by atoms with Crippen molar-refractivity contribution >= 4 is 27.4 Å². The largest absolute Gasteiger partial charge is 0.369 e. The normalized spacial score (nSPS) is 14.1. The molecule has 0 saturated carbocycles. The molecule has 1 heterocycles. The lowest BCUT2D eigenvalue weighted by atomic mass is 9.89.